The second kappa shape index (κ2) is 7.30. The highest BCUT2D eigenvalue weighted by atomic mass is 35.5. The van der Waals surface area contributed by atoms with Crippen LogP contribution >= 0.6 is 35.0 Å². The van der Waals surface area contributed by atoms with Crippen molar-refractivity contribution < 1.29 is 0 Å². The minimum Gasteiger partial charge on any atom is -0.385 e. The fourth-order valence-electron chi connectivity index (χ4n) is 2.15. The zero-order chi connectivity index (χ0) is 17.1. The molecule has 0 saturated heterocycles. The van der Waals surface area contributed by atoms with E-state index in [0.29, 0.717) is 26.8 Å². The lowest BCUT2D eigenvalue weighted by molar-refractivity contribution is 0.823. The summed E-state index contributed by atoms with van der Waals surface area (Å²) in [6.45, 7) is 0. The van der Waals surface area contributed by atoms with Crippen LogP contribution in [0.25, 0.3) is 5.69 Å². The zero-order valence-electron chi connectivity index (χ0n) is 12.4. The summed E-state index contributed by atoms with van der Waals surface area (Å²) in [7, 11) is 0. The molecule has 1 heterocycles. The number of rotatable bonds is 4. The number of benzene rings is 2. The van der Waals surface area contributed by atoms with Crippen LogP contribution in [0.1, 0.15) is 5.56 Å². The molecule has 0 aliphatic rings. The molecule has 0 spiro atoms. The molecular weight excluding hydrogens is 365 g/mol. The van der Waals surface area contributed by atoms with Gasteiger partial charge in [-0.3, -0.25) is 9.36 Å². The number of nitrogens with two attached hydrogens (primary N) is 1. The maximum atomic E-state index is 11.7. The Kier molecular flexibility index (Phi) is 5.14. The normalized spacial score (nSPS) is 10.8. The first kappa shape index (κ1) is 16.9. The molecule has 0 saturated carbocycles. The van der Waals surface area contributed by atoms with Crippen LogP contribution in [0, 0.1) is 0 Å². The Bertz CT molecular complexity index is 909. The smallest absolute Gasteiger partial charge is 0.275 e. The molecule has 1 aromatic heterocycles. The van der Waals surface area contributed by atoms with Crippen molar-refractivity contribution in [2.45, 2.75) is 10.9 Å². The van der Waals surface area contributed by atoms with Gasteiger partial charge in [0.2, 0.25) is 0 Å². The molecule has 0 unspecified atom stereocenters. The van der Waals surface area contributed by atoms with E-state index in [1.807, 2.05) is 36.4 Å². The minimum atomic E-state index is -0.365. The van der Waals surface area contributed by atoms with Crippen LogP contribution in [0.5, 0.6) is 0 Å². The summed E-state index contributed by atoms with van der Waals surface area (Å²) in [5.41, 5.74) is 7.54. The molecule has 0 amide bonds. The van der Waals surface area contributed by atoms with Gasteiger partial charge in [0, 0.05) is 27.6 Å². The van der Waals surface area contributed by atoms with Gasteiger partial charge in [-0.15, -0.1) is 0 Å². The summed E-state index contributed by atoms with van der Waals surface area (Å²) in [6.07, 6.45) is 0. The van der Waals surface area contributed by atoms with E-state index in [1.54, 1.807) is 16.7 Å². The van der Waals surface area contributed by atoms with E-state index < -0.39 is 0 Å². The Hall–Kier alpha value is -1.95. The van der Waals surface area contributed by atoms with Crippen molar-refractivity contribution in [2.75, 3.05) is 5.73 Å². The molecule has 0 bridgehead atoms. The van der Waals surface area contributed by atoms with E-state index in [1.165, 1.54) is 17.8 Å². The fraction of sp³-hybridized carbons (Fsp3) is 0.0588. The van der Waals surface area contributed by atoms with Gasteiger partial charge in [-0.2, -0.15) is 4.98 Å². The third-order valence-corrected chi connectivity index (χ3v) is 4.81. The Morgan fingerprint density at radius 3 is 2.21 bits per heavy atom. The lowest BCUT2D eigenvalue weighted by atomic mass is 10.2. The Labute approximate surface area is 153 Å². The standard InChI is InChI=1S/C17H13Cl2N3OS/c18-12-3-1-11(2-4-12)10-24-17-21-16(23)9-15(20)22(17)14-7-5-13(19)6-8-14/h1-9H,10,20H2. The second-order valence-electron chi connectivity index (χ2n) is 5.03. The highest BCUT2D eigenvalue weighted by Crippen LogP contribution is 2.26. The molecule has 122 valence electrons. The lowest BCUT2D eigenvalue weighted by Gasteiger charge is -2.14. The van der Waals surface area contributed by atoms with Crippen molar-refractivity contribution in [1.82, 2.24) is 9.55 Å². The first-order chi connectivity index (χ1) is 11.5. The van der Waals surface area contributed by atoms with E-state index in [-0.39, 0.29) is 5.56 Å². The number of hydrogen-bond acceptors (Lipinski definition) is 4. The highest BCUT2D eigenvalue weighted by molar-refractivity contribution is 7.98. The van der Waals surface area contributed by atoms with Gasteiger partial charge in [-0.05, 0) is 42.0 Å². The second-order valence-corrected chi connectivity index (χ2v) is 6.84. The molecule has 0 aliphatic carbocycles. The van der Waals surface area contributed by atoms with E-state index in [0.717, 1.165) is 11.3 Å². The molecule has 7 heteroatoms. The third-order valence-electron chi connectivity index (χ3n) is 3.29. The van der Waals surface area contributed by atoms with Crippen LogP contribution in [0.4, 0.5) is 5.82 Å². The van der Waals surface area contributed by atoms with Gasteiger partial charge in [0.1, 0.15) is 5.82 Å². The molecule has 0 radical (unpaired) electrons. The fourth-order valence-corrected chi connectivity index (χ4v) is 3.39. The van der Waals surface area contributed by atoms with Crippen molar-refractivity contribution in [3.05, 3.63) is 80.6 Å². The zero-order valence-corrected chi connectivity index (χ0v) is 14.8. The molecule has 0 aliphatic heterocycles. The summed E-state index contributed by atoms with van der Waals surface area (Å²) < 4.78 is 1.73. The first-order valence-corrected chi connectivity index (χ1v) is 8.80. The summed E-state index contributed by atoms with van der Waals surface area (Å²) in [6, 6.07) is 16.0. The summed E-state index contributed by atoms with van der Waals surface area (Å²) in [5.74, 6) is 0.969. The monoisotopic (exact) mass is 377 g/mol. The van der Waals surface area contributed by atoms with Gasteiger partial charge < -0.3 is 5.73 Å². The van der Waals surface area contributed by atoms with Crippen molar-refractivity contribution in [3.63, 3.8) is 0 Å². The summed E-state index contributed by atoms with van der Waals surface area (Å²) >= 11 is 13.3. The molecule has 2 aromatic carbocycles. The van der Waals surface area contributed by atoms with Crippen molar-refractivity contribution in [1.29, 1.82) is 0 Å². The van der Waals surface area contributed by atoms with Crippen molar-refractivity contribution >= 4 is 40.8 Å². The van der Waals surface area contributed by atoms with E-state index in [4.69, 9.17) is 28.9 Å². The maximum Gasteiger partial charge on any atom is 0.275 e. The van der Waals surface area contributed by atoms with Gasteiger partial charge >= 0.3 is 0 Å². The SMILES string of the molecule is Nc1cc(=O)nc(SCc2ccc(Cl)cc2)n1-c1ccc(Cl)cc1. The van der Waals surface area contributed by atoms with Crippen LogP contribution < -0.4 is 11.3 Å². The van der Waals surface area contributed by atoms with Gasteiger partial charge in [0.05, 0.1) is 0 Å². The number of aromatic nitrogens is 2. The van der Waals surface area contributed by atoms with Gasteiger partial charge in [-0.25, -0.2) is 0 Å². The minimum absolute atomic E-state index is 0.330. The van der Waals surface area contributed by atoms with Crippen molar-refractivity contribution in [3.8, 4) is 5.69 Å². The van der Waals surface area contributed by atoms with Crippen LogP contribution in [0.3, 0.4) is 0 Å². The number of halogens is 2. The molecular formula is C17H13Cl2N3OS. The molecule has 0 fully saturated rings. The average molecular weight is 378 g/mol. The van der Waals surface area contributed by atoms with Crippen LogP contribution in [-0.4, -0.2) is 9.55 Å². The number of nitrogen functional groups attached to an aromatic ring is 1. The molecule has 2 N–H and O–H groups in total. The topological polar surface area (TPSA) is 60.9 Å². The predicted octanol–water partition coefficient (Wildman–Crippen LogP) is 4.41. The number of thioether (sulfide) groups is 1. The lowest BCUT2D eigenvalue weighted by Crippen LogP contribution is -2.16. The van der Waals surface area contributed by atoms with Gasteiger partial charge in [0.25, 0.3) is 5.56 Å². The van der Waals surface area contributed by atoms with Crippen LogP contribution in [-0.2, 0) is 5.75 Å². The molecule has 3 aromatic rings. The Balaban J connectivity index is 1.95. The largest absolute Gasteiger partial charge is 0.385 e. The predicted molar refractivity (Wildman–Crippen MR) is 100 cm³/mol. The Morgan fingerprint density at radius 1 is 1.00 bits per heavy atom. The van der Waals surface area contributed by atoms with Gasteiger partial charge in [-0.1, -0.05) is 47.1 Å². The Morgan fingerprint density at radius 2 is 1.58 bits per heavy atom. The molecule has 24 heavy (non-hydrogen) atoms. The number of nitrogens with zero attached hydrogens (tertiary/aromatic N) is 2. The van der Waals surface area contributed by atoms with Gasteiger partial charge in [0.15, 0.2) is 5.16 Å². The van der Waals surface area contributed by atoms with Crippen LogP contribution in [0.15, 0.2) is 64.5 Å². The molecule has 3 rings (SSSR count). The average Bonchev–Trinajstić information content (AvgIpc) is 2.55. The first-order valence-electron chi connectivity index (χ1n) is 7.06. The maximum absolute atomic E-state index is 11.7. The van der Waals surface area contributed by atoms with E-state index >= 15 is 0 Å². The van der Waals surface area contributed by atoms with E-state index in [9.17, 15) is 4.79 Å². The molecule has 4 nitrogen and oxygen atoms in total. The quantitative estimate of drug-likeness (QED) is 0.540. The van der Waals surface area contributed by atoms with Crippen molar-refractivity contribution in [2.24, 2.45) is 0 Å². The number of anilines is 1. The van der Waals surface area contributed by atoms with Crippen LogP contribution in [0.2, 0.25) is 10.0 Å². The summed E-state index contributed by atoms with van der Waals surface area (Å²) in [5, 5.41) is 1.84. The number of hydrogen-bond donors (Lipinski definition) is 1. The van der Waals surface area contributed by atoms with E-state index in [2.05, 4.69) is 4.98 Å². The molecule has 0 atom stereocenters. The summed E-state index contributed by atoms with van der Waals surface area (Å²) in [4.78, 5) is 15.8. The third kappa shape index (κ3) is 3.93. The highest BCUT2D eigenvalue weighted by Gasteiger charge is 2.11.